The average molecular weight is 268 g/mol. The summed E-state index contributed by atoms with van der Waals surface area (Å²) in [6.07, 6.45) is 1.19. The number of aryl methyl sites for hydroxylation is 1. The molecule has 2 rings (SSSR count). The molecule has 2 atom stereocenters. The van der Waals surface area contributed by atoms with Crippen molar-refractivity contribution >= 4 is 17.4 Å². The minimum Gasteiger partial charge on any atom is -0.370 e. The smallest absolute Gasteiger partial charge is 0.126 e. The summed E-state index contributed by atoms with van der Waals surface area (Å²) in [4.78, 5) is 2.27. The minimum absolute atomic E-state index is 0.147. The summed E-state index contributed by atoms with van der Waals surface area (Å²) in [5, 5.41) is 0. The fourth-order valence-corrected chi connectivity index (χ4v) is 3.64. The molecule has 2 nitrogen and oxygen atoms in total. The number of halogens is 1. The molecule has 1 aromatic carbocycles. The predicted octanol–water partition coefficient (Wildman–Crippen LogP) is 3.10. The molecule has 0 amide bonds. The first-order valence-electron chi connectivity index (χ1n) is 6.37. The number of thioether (sulfide) groups is 1. The molecule has 18 heavy (non-hydrogen) atoms. The lowest BCUT2D eigenvalue weighted by Crippen LogP contribution is -2.32. The Bertz CT molecular complexity index is 428. The number of nitrogens with zero attached hydrogens (tertiary/aromatic N) is 1. The van der Waals surface area contributed by atoms with E-state index in [2.05, 4.69) is 11.9 Å². The molecule has 0 aromatic heterocycles. The molecule has 100 valence electrons. The number of benzene rings is 1. The average Bonchev–Trinajstić information content (AvgIpc) is 2.84. The fourth-order valence-electron chi connectivity index (χ4n) is 2.38. The maximum absolute atomic E-state index is 13.7. The maximum atomic E-state index is 13.7. The number of rotatable bonds is 3. The molecule has 0 saturated carbocycles. The van der Waals surface area contributed by atoms with E-state index < -0.39 is 0 Å². The normalized spacial score (nSPS) is 21.1. The van der Waals surface area contributed by atoms with Gasteiger partial charge in [-0.15, -0.1) is 0 Å². The van der Waals surface area contributed by atoms with Gasteiger partial charge in [-0.05, 0) is 49.3 Å². The van der Waals surface area contributed by atoms with Crippen LogP contribution in [0.15, 0.2) is 12.1 Å². The highest BCUT2D eigenvalue weighted by molar-refractivity contribution is 7.99. The van der Waals surface area contributed by atoms with E-state index in [0.717, 1.165) is 17.0 Å². The third-order valence-electron chi connectivity index (χ3n) is 3.63. The molecular weight excluding hydrogens is 247 g/mol. The Morgan fingerprint density at radius 1 is 1.50 bits per heavy atom. The SMILES string of the molecule is Cc1cc(N(C)C2CCSC2)c(C(C)N)cc1F. The lowest BCUT2D eigenvalue weighted by Gasteiger charge is -2.29. The third kappa shape index (κ3) is 2.64. The van der Waals surface area contributed by atoms with Crippen LogP contribution in [-0.2, 0) is 0 Å². The summed E-state index contributed by atoms with van der Waals surface area (Å²) in [5.74, 6) is 2.19. The highest BCUT2D eigenvalue weighted by Gasteiger charge is 2.23. The van der Waals surface area contributed by atoms with Crippen molar-refractivity contribution in [2.75, 3.05) is 23.5 Å². The molecule has 1 heterocycles. The second kappa shape index (κ2) is 5.49. The maximum Gasteiger partial charge on any atom is 0.126 e. The number of nitrogens with two attached hydrogens (primary N) is 1. The summed E-state index contributed by atoms with van der Waals surface area (Å²) in [6, 6.07) is 3.91. The van der Waals surface area contributed by atoms with E-state index in [9.17, 15) is 4.39 Å². The first-order chi connectivity index (χ1) is 8.50. The number of anilines is 1. The van der Waals surface area contributed by atoms with Gasteiger partial charge < -0.3 is 10.6 Å². The standard InChI is InChI=1S/C14H21FN2S/c1-9-6-14(12(10(2)16)7-13(9)15)17(3)11-4-5-18-8-11/h6-7,10-11H,4-5,8,16H2,1-3H3. The van der Waals surface area contributed by atoms with Crippen molar-refractivity contribution in [2.45, 2.75) is 32.4 Å². The quantitative estimate of drug-likeness (QED) is 0.913. The second-order valence-electron chi connectivity index (χ2n) is 5.08. The van der Waals surface area contributed by atoms with Crippen LogP contribution in [0.1, 0.15) is 30.5 Å². The molecule has 0 spiro atoms. The highest BCUT2D eigenvalue weighted by atomic mass is 32.2. The van der Waals surface area contributed by atoms with Crippen molar-refractivity contribution in [3.05, 3.63) is 29.1 Å². The van der Waals surface area contributed by atoms with Crippen molar-refractivity contribution in [1.29, 1.82) is 0 Å². The monoisotopic (exact) mass is 268 g/mol. The minimum atomic E-state index is -0.166. The summed E-state index contributed by atoms with van der Waals surface area (Å²) in [5.41, 5.74) is 8.64. The molecule has 1 aliphatic rings. The van der Waals surface area contributed by atoms with Gasteiger partial charge in [0.15, 0.2) is 0 Å². The molecule has 1 fully saturated rings. The Morgan fingerprint density at radius 3 is 2.78 bits per heavy atom. The molecule has 1 saturated heterocycles. The third-order valence-corrected chi connectivity index (χ3v) is 4.78. The van der Waals surface area contributed by atoms with Gasteiger partial charge in [-0.3, -0.25) is 0 Å². The molecule has 2 unspecified atom stereocenters. The van der Waals surface area contributed by atoms with E-state index in [4.69, 9.17) is 5.73 Å². The molecule has 1 aliphatic heterocycles. The van der Waals surface area contributed by atoms with E-state index in [0.29, 0.717) is 11.6 Å². The van der Waals surface area contributed by atoms with Gasteiger partial charge in [0.1, 0.15) is 5.82 Å². The summed E-state index contributed by atoms with van der Waals surface area (Å²) in [7, 11) is 2.09. The van der Waals surface area contributed by atoms with Gasteiger partial charge in [0.2, 0.25) is 0 Å². The van der Waals surface area contributed by atoms with Crippen molar-refractivity contribution in [2.24, 2.45) is 5.73 Å². The van der Waals surface area contributed by atoms with E-state index in [1.807, 2.05) is 24.8 Å². The molecule has 0 aliphatic carbocycles. The van der Waals surface area contributed by atoms with Crippen molar-refractivity contribution in [3.8, 4) is 0 Å². The van der Waals surface area contributed by atoms with Crippen LogP contribution >= 0.6 is 11.8 Å². The molecule has 0 bridgehead atoms. The fraction of sp³-hybridized carbons (Fsp3) is 0.571. The van der Waals surface area contributed by atoms with Gasteiger partial charge >= 0.3 is 0 Å². The predicted molar refractivity (Wildman–Crippen MR) is 77.9 cm³/mol. The van der Waals surface area contributed by atoms with Crippen LogP contribution in [0.25, 0.3) is 0 Å². The largest absolute Gasteiger partial charge is 0.370 e. The van der Waals surface area contributed by atoms with Crippen LogP contribution in [0.3, 0.4) is 0 Å². The first kappa shape index (κ1) is 13.7. The van der Waals surface area contributed by atoms with Gasteiger partial charge in [0.25, 0.3) is 0 Å². The van der Waals surface area contributed by atoms with Gasteiger partial charge in [0.05, 0.1) is 0 Å². The van der Waals surface area contributed by atoms with E-state index in [1.54, 1.807) is 13.0 Å². The zero-order valence-corrected chi connectivity index (χ0v) is 12.1. The molecule has 4 heteroatoms. The van der Waals surface area contributed by atoms with Crippen molar-refractivity contribution in [3.63, 3.8) is 0 Å². The van der Waals surface area contributed by atoms with Crippen LogP contribution in [0.4, 0.5) is 10.1 Å². The number of hydrogen-bond donors (Lipinski definition) is 1. The van der Waals surface area contributed by atoms with Crippen LogP contribution in [0.2, 0.25) is 0 Å². The second-order valence-corrected chi connectivity index (χ2v) is 6.23. The van der Waals surface area contributed by atoms with Crippen LogP contribution < -0.4 is 10.6 Å². The molecular formula is C14H21FN2S. The lowest BCUT2D eigenvalue weighted by molar-refractivity contribution is 0.610. The van der Waals surface area contributed by atoms with Gasteiger partial charge in [0, 0.05) is 30.6 Å². The Morgan fingerprint density at radius 2 is 2.22 bits per heavy atom. The van der Waals surface area contributed by atoms with Crippen LogP contribution in [0.5, 0.6) is 0 Å². The summed E-state index contributed by atoms with van der Waals surface area (Å²) >= 11 is 1.98. The van der Waals surface area contributed by atoms with Gasteiger partial charge in [-0.2, -0.15) is 11.8 Å². The zero-order chi connectivity index (χ0) is 13.3. The Kier molecular flexibility index (Phi) is 4.17. The Balaban J connectivity index is 2.38. The molecule has 1 aromatic rings. The lowest BCUT2D eigenvalue weighted by atomic mass is 10.0. The summed E-state index contributed by atoms with van der Waals surface area (Å²) < 4.78 is 13.7. The van der Waals surface area contributed by atoms with Crippen LogP contribution in [0, 0.1) is 12.7 Å². The van der Waals surface area contributed by atoms with E-state index >= 15 is 0 Å². The van der Waals surface area contributed by atoms with Crippen LogP contribution in [-0.4, -0.2) is 24.6 Å². The first-order valence-corrected chi connectivity index (χ1v) is 7.52. The van der Waals surface area contributed by atoms with E-state index in [-0.39, 0.29) is 11.9 Å². The Labute approximate surface area is 113 Å². The van der Waals surface area contributed by atoms with Crippen molar-refractivity contribution < 1.29 is 4.39 Å². The highest BCUT2D eigenvalue weighted by Crippen LogP contribution is 2.32. The van der Waals surface area contributed by atoms with E-state index in [1.165, 1.54) is 12.2 Å². The molecule has 0 radical (unpaired) electrons. The van der Waals surface area contributed by atoms with Gasteiger partial charge in [-0.25, -0.2) is 4.39 Å². The van der Waals surface area contributed by atoms with Gasteiger partial charge in [-0.1, -0.05) is 0 Å². The molecule has 2 N–H and O–H groups in total. The zero-order valence-electron chi connectivity index (χ0n) is 11.2. The summed E-state index contributed by atoms with van der Waals surface area (Å²) in [6.45, 7) is 3.71. The van der Waals surface area contributed by atoms with Crippen molar-refractivity contribution in [1.82, 2.24) is 0 Å². The Hall–Kier alpha value is -0.740. The number of hydrogen-bond acceptors (Lipinski definition) is 3. The topological polar surface area (TPSA) is 29.3 Å².